The molecule has 1 N–H and O–H groups in total. The number of rotatable bonds is 3. The van der Waals surface area contributed by atoms with E-state index in [-0.39, 0.29) is 17.2 Å². The molecule has 0 aliphatic carbocycles. The Morgan fingerprint density at radius 3 is 2.53 bits per heavy atom. The van der Waals surface area contributed by atoms with Gasteiger partial charge in [0.2, 0.25) is 0 Å². The van der Waals surface area contributed by atoms with Crippen LogP contribution in [-0.2, 0) is 0 Å². The van der Waals surface area contributed by atoms with E-state index in [1.165, 1.54) is 0 Å². The van der Waals surface area contributed by atoms with Crippen LogP contribution in [0.1, 0.15) is 43.1 Å². The van der Waals surface area contributed by atoms with E-state index in [4.69, 9.17) is 0 Å². The fraction of sp³-hybridized carbons (Fsp3) is 0.500. The average molecular weight is 235 g/mol. The monoisotopic (exact) mass is 235 g/mol. The lowest BCUT2D eigenvalue weighted by molar-refractivity contribution is 0.0617. The number of aromatic hydroxyl groups is 1. The quantitative estimate of drug-likeness (QED) is 0.875. The molecule has 3 nitrogen and oxygen atoms in total. The summed E-state index contributed by atoms with van der Waals surface area (Å²) in [4.78, 5) is 14.0. The molecule has 0 radical (unpaired) electrons. The summed E-state index contributed by atoms with van der Waals surface area (Å²) in [5.74, 6) is -0.0608. The van der Waals surface area contributed by atoms with Crippen LogP contribution in [0, 0.1) is 6.92 Å². The van der Waals surface area contributed by atoms with Gasteiger partial charge in [-0.2, -0.15) is 0 Å². The van der Waals surface area contributed by atoms with E-state index < -0.39 is 0 Å². The summed E-state index contributed by atoms with van der Waals surface area (Å²) >= 11 is 0. The highest BCUT2D eigenvalue weighted by Gasteiger charge is 2.27. The molecule has 1 aromatic rings. The lowest BCUT2D eigenvalue weighted by Crippen LogP contribution is -2.44. The second-order valence-electron chi connectivity index (χ2n) is 5.00. The second-order valence-corrected chi connectivity index (χ2v) is 5.00. The van der Waals surface area contributed by atoms with Crippen LogP contribution in [0.3, 0.4) is 0 Å². The molecule has 1 amide bonds. The number of hydrogen-bond donors (Lipinski definition) is 1. The van der Waals surface area contributed by atoms with Gasteiger partial charge in [0.25, 0.3) is 5.91 Å². The molecule has 94 valence electrons. The summed E-state index contributed by atoms with van der Waals surface area (Å²) in [6.07, 6.45) is 0.863. The third-order valence-electron chi connectivity index (χ3n) is 3.55. The highest BCUT2D eigenvalue weighted by Crippen LogP contribution is 2.26. The molecule has 0 heterocycles. The van der Waals surface area contributed by atoms with Crippen molar-refractivity contribution >= 4 is 5.91 Å². The normalized spacial score (nSPS) is 11.4. The predicted octanol–water partition coefficient (Wildman–Crippen LogP) is 2.96. The Hall–Kier alpha value is -1.51. The summed E-state index contributed by atoms with van der Waals surface area (Å²) in [5, 5.41) is 9.91. The Labute approximate surface area is 103 Å². The first kappa shape index (κ1) is 13.6. The fourth-order valence-electron chi connectivity index (χ4n) is 1.52. The largest absolute Gasteiger partial charge is 0.507 e. The molecule has 0 aromatic heterocycles. The van der Waals surface area contributed by atoms with Crippen molar-refractivity contribution < 1.29 is 9.90 Å². The van der Waals surface area contributed by atoms with Gasteiger partial charge in [-0.05, 0) is 38.8 Å². The molecule has 0 fully saturated rings. The third-order valence-corrected chi connectivity index (χ3v) is 3.55. The Morgan fingerprint density at radius 2 is 2.00 bits per heavy atom. The van der Waals surface area contributed by atoms with Gasteiger partial charge >= 0.3 is 0 Å². The molecule has 17 heavy (non-hydrogen) atoms. The maximum absolute atomic E-state index is 12.3. The lowest BCUT2D eigenvalue weighted by atomic mass is 9.98. The molecule has 0 unspecified atom stereocenters. The molecular formula is C14H21NO2. The number of aryl methyl sites for hydroxylation is 1. The average Bonchev–Trinajstić information content (AvgIpc) is 2.30. The molecule has 3 heteroatoms. The zero-order valence-electron chi connectivity index (χ0n) is 11.2. The van der Waals surface area contributed by atoms with E-state index in [2.05, 4.69) is 0 Å². The van der Waals surface area contributed by atoms with E-state index in [1.54, 1.807) is 37.1 Å². The zero-order valence-corrected chi connectivity index (χ0v) is 11.2. The summed E-state index contributed by atoms with van der Waals surface area (Å²) in [7, 11) is 1.77. The summed E-state index contributed by atoms with van der Waals surface area (Å²) in [6.45, 7) is 7.85. The van der Waals surface area contributed by atoms with Crippen molar-refractivity contribution in [2.45, 2.75) is 39.7 Å². The molecule has 1 rings (SSSR count). The number of para-hydroxylation sites is 1. The Balaban J connectivity index is 3.09. The predicted molar refractivity (Wildman–Crippen MR) is 69.3 cm³/mol. The first-order valence-corrected chi connectivity index (χ1v) is 5.88. The van der Waals surface area contributed by atoms with Gasteiger partial charge in [0.05, 0.1) is 5.56 Å². The van der Waals surface area contributed by atoms with Crippen molar-refractivity contribution in [3.8, 4) is 5.75 Å². The van der Waals surface area contributed by atoms with E-state index in [1.807, 2.05) is 20.8 Å². The minimum absolute atomic E-state index is 0.0799. The lowest BCUT2D eigenvalue weighted by Gasteiger charge is -2.35. The van der Waals surface area contributed by atoms with E-state index in [0.29, 0.717) is 5.56 Å². The van der Waals surface area contributed by atoms with Crippen LogP contribution < -0.4 is 0 Å². The Bertz CT molecular complexity index is 424. The maximum Gasteiger partial charge on any atom is 0.257 e. The number of carbonyl (C=O) groups is 1. The Kier molecular flexibility index (Phi) is 3.81. The van der Waals surface area contributed by atoms with E-state index in [0.717, 1.165) is 12.0 Å². The molecule has 0 spiro atoms. The number of nitrogens with zero attached hydrogens (tertiary/aromatic N) is 1. The van der Waals surface area contributed by atoms with Gasteiger partial charge in [0.15, 0.2) is 0 Å². The number of carbonyl (C=O) groups excluding carboxylic acids is 1. The van der Waals surface area contributed by atoms with Crippen LogP contribution >= 0.6 is 0 Å². The van der Waals surface area contributed by atoms with Gasteiger partial charge in [0.1, 0.15) is 5.75 Å². The number of benzene rings is 1. The van der Waals surface area contributed by atoms with Crippen molar-refractivity contribution in [3.05, 3.63) is 29.3 Å². The highest BCUT2D eigenvalue weighted by molar-refractivity contribution is 5.97. The second kappa shape index (κ2) is 4.78. The molecule has 0 aliphatic heterocycles. The first-order valence-electron chi connectivity index (χ1n) is 5.88. The fourth-order valence-corrected chi connectivity index (χ4v) is 1.52. The van der Waals surface area contributed by atoms with Gasteiger partial charge in [-0.1, -0.05) is 19.1 Å². The van der Waals surface area contributed by atoms with Crippen LogP contribution in [0.2, 0.25) is 0 Å². The molecule has 0 aliphatic rings. The molecule has 1 aromatic carbocycles. The Morgan fingerprint density at radius 1 is 1.41 bits per heavy atom. The highest BCUT2D eigenvalue weighted by atomic mass is 16.3. The van der Waals surface area contributed by atoms with Gasteiger partial charge in [-0.25, -0.2) is 0 Å². The SMILES string of the molecule is CCC(C)(C)N(C)C(=O)c1cccc(C)c1O. The van der Waals surface area contributed by atoms with Gasteiger partial charge in [0, 0.05) is 12.6 Å². The summed E-state index contributed by atoms with van der Waals surface area (Å²) in [5.41, 5.74) is 0.875. The molecule has 0 atom stereocenters. The van der Waals surface area contributed by atoms with Crippen molar-refractivity contribution in [2.75, 3.05) is 7.05 Å². The first-order chi connectivity index (χ1) is 7.81. The van der Waals surface area contributed by atoms with Crippen LogP contribution in [-0.4, -0.2) is 28.5 Å². The smallest absolute Gasteiger partial charge is 0.257 e. The molecule has 0 bridgehead atoms. The van der Waals surface area contributed by atoms with Crippen LogP contribution in [0.5, 0.6) is 5.75 Å². The van der Waals surface area contributed by atoms with Crippen LogP contribution in [0.4, 0.5) is 0 Å². The minimum Gasteiger partial charge on any atom is -0.507 e. The zero-order chi connectivity index (χ0) is 13.2. The summed E-state index contributed by atoms with van der Waals surface area (Å²) in [6, 6.07) is 5.24. The van der Waals surface area contributed by atoms with E-state index in [9.17, 15) is 9.90 Å². The van der Waals surface area contributed by atoms with Gasteiger partial charge in [-0.3, -0.25) is 4.79 Å². The number of amides is 1. The molecule has 0 saturated heterocycles. The standard InChI is InChI=1S/C14H21NO2/c1-6-14(3,4)15(5)13(17)11-9-7-8-10(2)12(11)16/h7-9,16H,6H2,1-5H3. The van der Waals surface area contributed by atoms with Crippen molar-refractivity contribution in [1.82, 2.24) is 4.90 Å². The van der Waals surface area contributed by atoms with E-state index >= 15 is 0 Å². The van der Waals surface area contributed by atoms with Gasteiger partial charge < -0.3 is 10.0 Å². The number of phenolic OH excluding ortho intramolecular Hbond substituents is 1. The van der Waals surface area contributed by atoms with Crippen molar-refractivity contribution in [1.29, 1.82) is 0 Å². The maximum atomic E-state index is 12.3. The van der Waals surface area contributed by atoms with Crippen LogP contribution in [0.15, 0.2) is 18.2 Å². The molecular weight excluding hydrogens is 214 g/mol. The number of hydrogen-bond acceptors (Lipinski definition) is 2. The minimum atomic E-state index is -0.215. The van der Waals surface area contributed by atoms with Crippen LogP contribution in [0.25, 0.3) is 0 Å². The summed E-state index contributed by atoms with van der Waals surface area (Å²) < 4.78 is 0. The van der Waals surface area contributed by atoms with Crippen molar-refractivity contribution in [3.63, 3.8) is 0 Å². The topological polar surface area (TPSA) is 40.5 Å². The molecule has 0 saturated carbocycles. The third kappa shape index (κ3) is 2.60. The number of phenols is 1. The van der Waals surface area contributed by atoms with Crippen molar-refractivity contribution in [2.24, 2.45) is 0 Å². The van der Waals surface area contributed by atoms with Gasteiger partial charge in [-0.15, -0.1) is 0 Å².